The largest absolute Gasteiger partial charge is 0.397 e. The molecule has 1 atom stereocenters. The van der Waals surface area contributed by atoms with E-state index in [-0.39, 0.29) is 6.61 Å². The highest BCUT2D eigenvalue weighted by molar-refractivity contribution is 6.42. The van der Waals surface area contributed by atoms with E-state index in [0.29, 0.717) is 0 Å². The zero-order valence-electron chi connectivity index (χ0n) is 8.99. The summed E-state index contributed by atoms with van der Waals surface area (Å²) in [5, 5.41) is 16.0. The van der Waals surface area contributed by atoms with Crippen molar-refractivity contribution in [1.82, 2.24) is 0 Å². The van der Waals surface area contributed by atoms with Gasteiger partial charge in [0.1, 0.15) is 0 Å². The van der Waals surface area contributed by atoms with Gasteiger partial charge in [-0.2, -0.15) is 0 Å². The van der Waals surface area contributed by atoms with Crippen LogP contribution in [0.4, 0.5) is 0 Å². The summed E-state index contributed by atoms with van der Waals surface area (Å²) in [6.45, 7) is 8.97. The van der Waals surface area contributed by atoms with E-state index < -0.39 is 15.4 Å². The molecular formula is C8H22O4Si. The molecule has 0 aromatic heterocycles. The Morgan fingerprint density at radius 3 is 1.69 bits per heavy atom. The van der Waals surface area contributed by atoms with Crippen LogP contribution in [0, 0.1) is 0 Å². The molecule has 82 valence electrons. The fourth-order valence-corrected chi connectivity index (χ4v) is 1.55. The topological polar surface area (TPSA) is 58.9 Å². The van der Waals surface area contributed by atoms with Gasteiger partial charge in [0.2, 0.25) is 0 Å². The summed E-state index contributed by atoms with van der Waals surface area (Å²) in [7, 11) is -1.20. The van der Waals surface area contributed by atoms with Crippen molar-refractivity contribution in [3.05, 3.63) is 0 Å². The number of hydrogen-bond acceptors (Lipinski definition) is 4. The van der Waals surface area contributed by atoms with E-state index in [0.717, 1.165) is 13.2 Å². The monoisotopic (exact) mass is 210 g/mol. The summed E-state index contributed by atoms with van der Waals surface area (Å²) >= 11 is 0. The maximum Gasteiger partial charge on any atom is 0.318 e. The second-order valence-electron chi connectivity index (χ2n) is 2.51. The second kappa shape index (κ2) is 12.1. The van der Waals surface area contributed by atoms with Crippen molar-refractivity contribution in [3.63, 3.8) is 0 Å². The SMILES string of the molecule is CC(O)CO.CCO[SiH](C)OCC. The van der Waals surface area contributed by atoms with Gasteiger partial charge in [-0.3, -0.25) is 0 Å². The first-order valence-electron chi connectivity index (χ1n) is 4.60. The standard InChI is InChI=1S/C5H14O2Si.C3H8O2/c1-4-6-8(3)7-5-2;1-3(5)2-4/h8H,4-5H2,1-3H3;3-5H,2H2,1H3. The van der Waals surface area contributed by atoms with Crippen molar-refractivity contribution < 1.29 is 19.1 Å². The van der Waals surface area contributed by atoms with Crippen LogP contribution in [0.1, 0.15) is 20.8 Å². The van der Waals surface area contributed by atoms with Crippen LogP contribution in [-0.2, 0) is 8.85 Å². The highest BCUT2D eigenvalue weighted by Crippen LogP contribution is 1.85. The van der Waals surface area contributed by atoms with Crippen LogP contribution in [-0.4, -0.2) is 45.4 Å². The van der Waals surface area contributed by atoms with Gasteiger partial charge in [0.25, 0.3) is 0 Å². The van der Waals surface area contributed by atoms with Gasteiger partial charge in [-0.15, -0.1) is 0 Å². The quantitative estimate of drug-likeness (QED) is 0.640. The third-order valence-electron chi connectivity index (χ3n) is 1.07. The number of rotatable bonds is 5. The van der Waals surface area contributed by atoms with Gasteiger partial charge < -0.3 is 19.1 Å². The maximum atomic E-state index is 8.11. The first kappa shape index (κ1) is 15.5. The van der Waals surface area contributed by atoms with Crippen LogP contribution in [0.3, 0.4) is 0 Å². The van der Waals surface area contributed by atoms with Crippen molar-refractivity contribution in [3.8, 4) is 0 Å². The fraction of sp³-hybridized carbons (Fsp3) is 1.00. The number of aliphatic hydroxyl groups excluding tert-OH is 2. The van der Waals surface area contributed by atoms with Crippen molar-refractivity contribution in [2.24, 2.45) is 0 Å². The average molecular weight is 210 g/mol. The Bertz CT molecular complexity index is 84.2. The predicted octanol–water partition coefficient (Wildman–Crippen LogP) is 0.269. The van der Waals surface area contributed by atoms with Crippen LogP contribution in [0.25, 0.3) is 0 Å². The van der Waals surface area contributed by atoms with Gasteiger partial charge in [-0.05, 0) is 27.3 Å². The minimum absolute atomic E-state index is 0.139. The van der Waals surface area contributed by atoms with Gasteiger partial charge in [0, 0.05) is 13.2 Å². The molecule has 1 unspecified atom stereocenters. The molecule has 0 saturated heterocycles. The Morgan fingerprint density at radius 1 is 1.23 bits per heavy atom. The van der Waals surface area contributed by atoms with E-state index in [4.69, 9.17) is 19.1 Å². The minimum Gasteiger partial charge on any atom is -0.397 e. The average Bonchev–Trinajstić information content (AvgIpc) is 2.06. The molecule has 2 N–H and O–H groups in total. The lowest BCUT2D eigenvalue weighted by atomic mass is 10.5. The van der Waals surface area contributed by atoms with Crippen LogP contribution in [0.2, 0.25) is 6.55 Å². The summed E-state index contributed by atoms with van der Waals surface area (Å²) in [6.07, 6.45) is -0.560. The van der Waals surface area contributed by atoms with Gasteiger partial charge in [-0.1, -0.05) is 0 Å². The molecule has 0 radical (unpaired) electrons. The lowest BCUT2D eigenvalue weighted by molar-refractivity contribution is 0.110. The number of aliphatic hydroxyl groups is 2. The predicted molar refractivity (Wildman–Crippen MR) is 55.0 cm³/mol. The summed E-state index contributed by atoms with van der Waals surface area (Å²) in [5.41, 5.74) is 0. The van der Waals surface area contributed by atoms with Crippen molar-refractivity contribution in [2.75, 3.05) is 19.8 Å². The second-order valence-corrected chi connectivity index (χ2v) is 4.31. The molecule has 0 aromatic carbocycles. The third kappa shape index (κ3) is 18.8. The van der Waals surface area contributed by atoms with E-state index in [2.05, 4.69) is 0 Å². The smallest absolute Gasteiger partial charge is 0.318 e. The lowest BCUT2D eigenvalue weighted by Crippen LogP contribution is -2.17. The molecule has 0 aromatic rings. The Morgan fingerprint density at radius 2 is 1.54 bits per heavy atom. The molecule has 0 spiro atoms. The van der Waals surface area contributed by atoms with Crippen LogP contribution in [0.15, 0.2) is 0 Å². The molecule has 0 aliphatic heterocycles. The molecule has 0 aliphatic carbocycles. The Labute approximate surface area is 82.3 Å². The maximum absolute atomic E-state index is 8.11. The summed E-state index contributed by atoms with van der Waals surface area (Å²) in [4.78, 5) is 0. The number of hydrogen-bond donors (Lipinski definition) is 2. The molecule has 0 bridgehead atoms. The van der Waals surface area contributed by atoms with E-state index in [1.54, 1.807) is 0 Å². The molecule has 0 heterocycles. The minimum atomic E-state index is -1.20. The zero-order valence-corrected chi connectivity index (χ0v) is 10.1. The molecule has 4 nitrogen and oxygen atoms in total. The zero-order chi connectivity index (χ0) is 10.7. The fourth-order valence-electron chi connectivity index (χ4n) is 0.518. The van der Waals surface area contributed by atoms with Gasteiger partial charge in [-0.25, -0.2) is 0 Å². The molecule has 0 aliphatic rings. The molecule has 13 heavy (non-hydrogen) atoms. The van der Waals surface area contributed by atoms with E-state index in [9.17, 15) is 0 Å². The molecule has 5 heteroatoms. The summed E-state index contributed by atoms with van der Waals surface area (Å²) in [6, 6.07) is 0. The van der Waals surface area contributed by atoms with E-state index >= 15 is 0 Å². The van der Waals surface area contributed by atoms with Crippen molar-refractivity contribution >= 4 is 9.28 Å². The molecule has 0 saturated carbocycles. The summed E-state index contributed by atoms with van der Waals surface area (Å²) < 4.78 is 10.4. The Kier molecular flexibility index (Phi) is 14.4. The molecule has 0 fully saturated rings. The first-order chi connectivity index (χ1) is 6.08. The highest BCUT2D eigenvalue weighted by Gasteiger charge is 1.99. The van der Waals surface area contributed by atoms with Crippen LogP contribution >= 0.6 is 0 Å². The molecule has 0 rings (SSSR count). The highest BCUT2D eigenvalue weighted by atomic mass is 28.3. The van der Waals surface area contributed by atoms with Gasteiger partial charge in [0.15, 0.2) is 0 Å². The van der Waals surface area contributed by atoms with Crippen molar-refractivity contribution in [1.29, 1.82) is 0 Å². The molecule has 0 amide bonds. The van der Waals surface area contributed by atoms with Crippen LogP contribution in [0.5, 0.6) is 0 Å². The Hall–Kier alpha value is 0.0569. The Balaban J connectivity index is 0. The lowest BCUT2D eigenvalue weighted by Gasteiger charge is -2.07. The third-order valence-corrected chi connectivity index (χ3v) is 2.67. The van der Waals surface area contributed by atoms with Gasteiger partial charge >= 0.3 is 9.28 Å². The first-order valence-corrected chi connectivity index (χ1v) is 6.70. The van der Waals surface area contributed by atoms with E-state index in [1.165, 1.54) is 6.92 Å². The van der Waals surface area contributed by atoms with Crippen LogP contribution < -0.4 is 0 Å². The normalized spacial score (nSPS) is 12.2. The summed E-state index contributed by atoms with van der Waals surface area (Å²) in [5.74, 6) is 0. The molecular weight excluding hydrogens is 188 g/mol. The van der Waals surface area contributed by atoms with Gasteiger partial charge in [0.05, 0.1) is 12.7 Å². The van der Waals surface area contributed by atoms with E-state index in [1.807, 2.05) is 20.4 Å². The van der Waals surface area contributed by atoms with Crippen molar-refractivity contribution in [2.45, 2.75) is 33.4 Å².